The molecule has 94 valence electrons. The van der Waals surface area contributed by atoms with Gasteiger partial charge in [0, 0.05) is 5.56 Å². The molecule has 0 atom stereocenters. The number of nitrogens with one attached hydrogen (secondary N) is 1. The second kappa shape index (κ2) is 5.40. The highest BCUT2D eigenvalue weighted by Gasteiger charge is 2.08. The van der Waals surface area contributed by atoms with Gasteiger partial charge in [-0.1, -0.05) is 0 Å². The molecule has 0 spiro atoms. The summed E-state index contributed by atoms with van der Waals surface area (Å²) in [4.78, 5) is 11.9. The third kappa shape index (κ3) is 2.71. The molecule has 0 saturated heterocycles. The molecule has 0 aliphatic rings. The first-order valence-corrected chi connectivity index (χ1v) is 5.66. The van der Waals surface area contributed by atoms with E-state index in [4.69, 9.17) is 9.15 Å². The molecular weight excluding hydrogens is 230 g/mol. The van der Waals surface area contributed by atoms with E-state index in [9.17, 15) is 4.79 Å². The minimum atomic E-state index is -0.128. The van der Waals surface area contributed by atoms with Gasteiger partial charge in [0.2, 0.25) is 0 Å². The molecule has 0 bridgehead atoms. The number of amides is 1. The maximum atomic E-state index is 11.9. The van der Waals surface area contributed by atoms with Crippen molar-refractivity contribution in [2.75, 3.05) is 7.11 Å². The summed E-state index contributed by atoms with van der Waals surface area (Å²) in [5, 5.41) is 2.79. The van der Waals surface area contributed by atoms with Crippen molar-refractivity contribution in [3.8, 4) is 5.75 Å². The van der Waals surface area contributed by atoms with E-state index in [0.717, 1.165) is 17.1 Å². The van der Waals surface area contributed by atoms with Crippen LogP contribution < -0.4 is 10.1 Å². The Hall–Kier alpha value is -2.23. The lowest BCUT2D eigenvalue weighted by molar-refractivity contribution is 0.0948. The van der Waals surface area contributed by atoms with Crippen molar-refractivity contribution in [1.82, 2.24) is 5.32 Å². The summed E-state index contributed by atoms with van der Waals surface area (Å²) in [6, 6.07) is 8.94. The second-order valence-corrected chi connectivity index (χ2v) is 3.95. The Bertz CT molecular complexity index is 532. The maximum absolute atomic E-state index is 11.9. The van der Waals surface area contributed by atoms with Crippen LogP contribution in [-0.2, 0) is 6.54 Å². The molecule has 0 fully saturated rings. The van der Waals surface area contributed by atoms with Gasteiger partial charge >= 0.3 is 0 Å². The fourth-order valence-corrected chi connectivity index (χ4v) is 1.70. The lowest BCUT2D eigenvalue weighted by atomic mass is 10.1. The first kappa shape index (κ1) is 12.2. The highest BCUT2D eigenvalue weighted by atomic mass is 16.5. The number of benzene rings is 1. The smallest absolute Gasteiger partial charge is 0.251 e. The van der Waals surface area contributed by atoms with Gasteiger partial charge in [-0.3, -0.25) is 4.79 Å². The summed E-state index contributed by atoms with van der Waals surface area (Å²) < 4.78 is 10.3. The lowest BCUT2D eigenvalue weighted by Gasteiger charge is -2.07. The maximum Gasteiger partial charge on any atom is 0.251 e. The molecule has 0 saturated carbocycles. The number of ether oxygens (including phenoxy) is 1. The van der Waals surface area contributed by atoms with E-state index >= 15 is 0 Å². The SMILES string of the molecule is COc1ccc(C(=O)NCc2ccco2)cc1C. The molecule has 0 aliphatic heterocycles. The molecule has 4 heteroatoms. The van der Waals surface area contributed by atoms with Crippen LogP contribution in [-0.4, -0.2) is 13.0 Å². The van der Waals surface area contributed by atoms with Crippen LogP contribution in [0.5, 0.6) is 5.75 Å². The summed E-state index contributed by atoms with van der Waals surface area (Å²) in [5.41, 5.74) is 1.54. The predicted molar refractivity (Wildman–Crippen MR) is 67.6 cm³/mol. The standard InChI is InChI=1S/C14H15NO3/c1-10-8-11(5-6-13(10)17-2)14(16)15-9-12-4-3-7-18-12/h3-8H,9H2,1-2H3,(H,15,16). The zero-order valence-corrected chi connectivity index (χ0v) is 10.4. The first-order chi connectivity index (χ1) is 8.70. The predicted octanol–water partition coefficient (Wildman–Crippen LogP) is 2.53. The van der Waals surface area contributed by atoms with Crippen molar-refractivity contribution >= 4 is 5.91 Å². The number of hydrogen-bond acceptors (Lipinski definition) is 3. The zero-order valence-electron chi connectivity index (χ0n) is 10.4. The van der Waals surface area contributed by atoms with E-state index in [2.05, 4.69) is 5.32 Å². The van der Waals surface area contributed by atoms with E-state index in [1.54, 1.807) is 37.6 Å². The van der Waals surface area contributed by atoms with E-state index < -0.39 is 0 Å². The lowest BCUT2D eigenvalue weighted by Crippen LogP contribution is -2.22. The van der Waals surface area contributed by atoms with Gasteiger partial charge in [0.1, 0.15) is 11.5 Å². The normalized spacial score (nSPS) is 10.1. The van der Waals surface area contributed by atoms with Crippen LogP contribution >= 0.6 is 0 Å². The van der Waals surface area contributed by atoms with Crippen molar-refractivity contribution in [1.29, 1.82) is 0 Å². The van der Waals surface area contributed by atoms with E-state index in [-0.39, 0.29) is 5.91 Å². The molecule has 1 amide bonds. The molecule has 18 heavy (non-hydrogen) atoms. The van der Waals surface area contributed by atoms with Crippen molar-refractivity contribution in [2.24, 2.45) is 0 Å². The number of hydrogen-bond donors (Lipinski definition) is 1. The Morgan fingerprint density at radius 3 is 2.83 bits per heavy atom. The van der Waals surface area contributed by atoms with Crippen LogP contribution in [0.3, 0.4) is 0 Å². The van der Waals surface area contributed by atoms with Gasteiger partial charge in [-0.2, -0.15) is 0 Å². The molecular formula is C14H15NO3. The van der Waals surface area contributed by atoms with Gasteiger partial charge in [0.15, 0.2) is 0 Å². The van der Waals surface area contributed by atoms with E-state index in [0.29, 0.717) is 12.1 Å². The van der Waals surface area contributed by atoms with E-state index in [1.165, 1.54) is 0 Å². The molecule has 2 rings (SSSR count). The third-order valence-electron chi connectivity index (χ3n) is 2.66. The van der Waals surface area contributed by atoms with Crippen molar-refractivity contribution in [3.05, 3.63) is 53.5 Å². The average Bonchev–Trinajstić information content (AvgIpc) is 2.89. The molecule has 0 radical (unpaired) electrons. The summed E-state index contributed by atoms with van der Waals surface area (Å²) in [7, 11) is 1.61. The second-order valence-electron chi connectivity index (χ2n) is 3.95. The fourth-order valence-electron chi connectivity index (χ4n) is 1.70. The Labute approximate surface area is 106 Å². The minimum Gasteiger partial charge on any atom is -0.496 e. The number of carbonyl (C=O) groups excluding carboxylic acids is 1. The highest BCUT2D eigenvalue weighted by molar-refractivity contribution is 5.94. The van der Waals surface area contributed by atoms with Gasteiger partial charge in [-0.05, 0) is 42.8 Å². The summed E-state index contributed by atoms with van der Waals surface area (Å²) in [5.74, 6) is 1.38. The molecule has 2 aromatic rings. The van der Waals surface area contributed by atoms with Gasteiger partial charge in [-0.15, -0.1) is 0 Å². The van der Waals surface area contributed by atoms with Gasteiger partial charge in [0.05, 0.1) is 19.9 Å². The molecule has 1 aromatic heterocycles. The quantitative estimate of drug-likeness (QED) is 0.900. The minimum absolute atomic E-state index is 0.128. The Kier molecular flexibility index (Phi) is 3.67. The molecule has 0 aliphatic carbocycles. The molecule has 4 nitrogen and oxygen atoms in total. The van der Waals surface area contributed by atoms with E-state index in [1.807, 2.05) is 13.0 Å². The number of carbonyl (C=O) groups is 1. The highest BCUT2D eigenvalue weighted by Crippen LogP contribution is 2.18. The van der Waals surface area contributed by atoms with Crippen LogP contribution in [0.4, 0.5) is 0 Å². The van der Waals surface area contributed by atoms with Crippen LogP contribution in [0.15, 0.2) is 41.0 Å². The summed E-state index contributed by atoms with van der Waals surface area (Å²) in [6.07, 6.45) is 1.58. The van der Waals surface area contributed by atoms with Crippen LogP contribution in [0, 0.1) is 6.92 Å². The van der Waals surface area contributed by atoms with Crippen molar-refractivity contribution in [3.63, 3.8) is 0 Å². The number of methoxy groups -OCH3 is 1. The van der Waals surface area contributed by atoms with Gasteiger partial charge in [0.25, 0.3) is 5.91 Å². The third-order valence-corrected chi connectivity index (χ3v) is 2.66. The fraction of sp³-hybridized carbons (Fsp3) is 0.214. The van der Waals surface area contributed by atoms with Gasteiger partial charge in [-0.25, -0.2) is 0 Å². The molecule has 1 aromatic carbocycles. The monoisotopic (exact) mass is 245 g/mol. The Balaban J connectivity index is 2.02. The molecule has 1 heterocycles. The largest absolute Gasteiger partial charge is 0.496 e. The van der Waals surface area contributed by atoms with Crippen LogP contribution in [0.2, 0.25) is 0 Å². The van der Waals surface area contributed by atoms with Crippen LogP contribution in [0.1, 0.15) is 21.7 Å². The molecule has 0 unspecified atom stereocenters. The summed E-state index contributed by atoms with van der Waals surface area (Å²) in [6.45, 7) is 2.29. The number of furan rings is 1. The van der Waals surface area contributed by atoms with Crippen molar-refractivity contribution < 1.29 is 13.9 Å². The average molecular weight is 245 g/mol. The first-order valence-electron chi connectivity index (χ1n) is 5.66. The Morgan fingerprint density at radius 2 is 2.22 bits per heavy atom. The van der Waals surface area contributed by atoms with Crippen molar-refractivity contribution in [2.45, 2.75) is 13.5 Å². The van der Waals surface area contributed by atoms with Gasteiger partial charge < -0.3 is 14.5 Å². The van der Waals surface area contributed by atoms with Crippen LogP contribution in [0.25, 0.3) is 0 Å². The topological polar surface area (TPSA) is 51.5 Å². The number of rotatable bonds is 4. The zero-order chi connectivity index (χ0) is 13.0. The Morgan fingerprint density at radius 1 is 1.39 bits per heavy atom. The summed E-state index contributed by atoms with van der Waals surface area (Å²) >= 11 is 0. The molecule has 1 N–H and O–H groups in total. The number of aryl methyl sites for hydroxylation is 1.